The summed E-state index contributed by atoms with van der Waals surface area (Å²) in [6.07, 6.45) is 0.427. The molecule has 0 aliphatic heterocycles. The molecule has 0 bridgehead atoms. The zero-order valence-corrected chi connectivity index (χ0v) is 20.6. The maximum atomic E-state index is 13.0. The first-order valence-electron chi connectivity index (χ1n) is 11.5. The number of carbonyl (C=O) groups excluding carboxylic acids is 1. The first-order chi connectivity index (χ1) is 16.7. The maximum Gasteiger partial charge on any atom is 0.306 e. The predicted octanol–water partition coefficient (Wildman–Crippen LogP) is 4.51. The van der Waals surface area contributed by atoms with Crippen LogP contribution in [0.1, 0.15) is 32.3 Å². The number of rotatable bonds is 11. The van der Waals surface area contributed by atoms with Crippen molar-refractivity contribution >= 4 is 21.9 Å². The van der Waals surface area contributed by atoms with E-state index in [1.807, 2.05) is 54.6 Å². The van der Waals surface area contributed by atoms with Crippen LogP contribution in [-0.4, -0.2) is 36.5 Å². The summed E-state index contributed by atoms with van der Waals surface area (Å²) in [7, 11) is -4.04. The third-order valence-electron chi connectivity index (χ3n) is 5.79. The molecule has 0 unspecified atom stereocenters. The van der Waals surface area contributed by atoms with Crippen LogP contribution < -0.4 is 4.83 Å². The van der Waals surface area contributed by atoms with E-state index in [-0.39, 0.29) is 24.2 Å². The van der Waals surface area contributed by atoms with Gasteiger partial charge in [0.2, 0.25) is 5.91 Å². The van der Waals surface area contributed by atoms with Gasteiger partial charge in [0, 0.05) is 6.42 Å². The molecule has 0 aliphatic carbocycles. The van der Waals surface area contributed by atoms with Crippen LogP contribution >= 0.6 is 0 Å². The second-order valence-corrected chi connectivity index (χ2v) is 10.1. The van der Waals surface area contributed by atoms with Gasteiger partial charge in [-0.15, -0.1) is 4.83 Å². The normalized spacial score (nSPS) is 13.1. The molecule has 3 aromatic rings. The number of hydrogen-bond donors (Lipinski definition) is 2. The molecule has 8 heteroatoms. The topological polar surface area (TPSA) is 104 Å². The van der Waals surface area contributed by atoms with Crippen LogP contribution in [0.3, 0.4) is 0 Å². The lowest BCUT2D eigenvalue weighted by Gasteiger charge is -2.33. The fraction of sp³-hybridized carbons (Fsp3) is 0.259. The molecule has 184 valence electrons. The number of aliphatic carboxylic acids is 1. The van der Waals surface area contributed by atoms with Gasteiger partial charge in [-0.2, -0.15) is 0 Å². The first-order valence-corrected chi connectivity index (χ1v) is 13.0. The molecule has 0 saturated carbocycles. The highest BCUT2D eigenvalue weighted by molar-refractivity contribution is 7.89. The van der Waals surface area contributed by atoms with E-state index in [0.717, 1.165) is 21.7 Å². The molecule has 0 aromatic heterocycles. The van der Waals surface area contributed by atoms with Gasteiger partial charge in [0.25, 0.3) is 10.0 Å². The van der Waals surface area contributed by atoms with E-state index in [9.17, 15) is 23.1 Å². The van der Waals surface area contributed by atoms with Crippen LogP contribution in [0.5, 0.6) is 0 Å². The zero-order valence-electron chi connectivity index (χ0n) is 19.8. The Morgan fingerprint density at radius 2 is 1.43 bits per heavy atom. The average Bonchev–Trinajstić information content (AvgIpc) is 2.88. The second-order valence-electron chi connectivity index (χ2n) is 8.42. The number of nitrogens with zero attached hydrogens (tertiary/aromatic N) is 1. The molecule has 0 heterocycles. The molecule has 3 rings (SSSR count). The van der Waals surface area contributed by atoms with Gasteiger partial charge in [0.05, 0.1) is 16.9 Å². The van der Waals surface area contributed by atoms with Gasteiger partial charge in [0.1, 0.15) is 0 Å². The molecule has 2 atom stereocenters. The lowest BCUT2D eigenvalue weighted by Crippen LogP contribution is -2.53. The molecule has 3 aromatic carbocycles. The van der Waals surface area contributed by atoms with Crippen molar-refractivity contribution < 1.29 is 23.1 Å². The smallest absolute Gasteiger partial charge is 0.306 e. The van der Waals surface area contributed by atoms with Crippen molar-refractivity contribution in [2.45, 2.75) is 44.0 Å². The van der Waals surface area contributed by atoms with Gasteiger partial charge in [-0.3, -0.25) is 14.6 Å². The van der Waals surface area contributed by atoms with Crippen LogP contribution in [0, 0.1) is 5.92 Å². The Morgan fingerprint density at radius 3 is 1.97 bits per heavy atom. The summed E-state index contributed by atoms with van der Waals surface area (Å²) < 4.78 is 26.0. The van der Waals surface area contributed by atoms with Gasteiger partial charge in [-0.1, -0.05) is 86.6 Å². The maximum absolute atomic E-state index is 13.0. The summed E-state index contributed by atoms with van der Waals surface area (Å²) >= 11 is 0. The van der Waals surface area contributed by atoms with E-state index in [1.54, 1.807) is 32.0 Å². The minimum Gasteiger partial charge on any atom is -0.481 e. The van der Waals surface area contributed by atoms with Crippen LogP contribution in [0.15, 0.2) is 89.8 Å². The SMILES string of the molecule is CCC(=O)N(NS(=O)(=O)c1ccccc1)[C@H](Cc1ccc(-c2ccccc2)cc1)C[C@@H](C)C(=O)O. The van der Waals surface area contributed by atoms with E-state index < -0.39 is 33.9 Å². The van der Waals surface area contributed by atoms with Crippen LogP contribution in [0.2, 0.25) is 0 Å². The van der Waals surface area contributed by atoms with Crippen LogP contribution in [-0.2, 0) is 26.0 Å². The molecule has 0 fully saturated rings. The Hall–Kier alpha value is -3.49. The van der Waals surface area contributed by atoms with Crippen molar-refractivity contribution in [1.82, 2.24) is 9.84 Å². The van der Waals surface area contributed by atoms with Crippen molar-refractivity contribution in [3.63, 3.8) is 0 Å². The monoisotopic (exact) mass is 494 g/mol. The standard InChI is InChI=1S/C27H30N2O5S/c1-3-26(30)29(28-35(33,34)25-12-8-5-9-13-25)24(18-20(2)27(31)32)19-21-14-16-23(17-15-21)22-10-6-4-7-11-22/h4-17,20,24,28H,3,18-19H2,1-2H3,(H,31,32)/t20-,24+/m1/s1. The highest BCUT2D eigenvalue weighted by Crippen LogP contribution is 2.23. The average molecular weight is 495 g/mol. The molecule has 7 nitrogen and oxygen atoms in total. The van der Waals surface area contributed by atoms with E-state index >= 15 is 0 Å². The van der Waals surface area contributed by atoms with E-state index in [4.69, 9.17) is 0 Å². The molecule has 0 spiro atoms. The predicted molar refractivity (Wildman–Crippen MR) is 135 cm³/mol. The number of carbonyl (C=O) groups is 2. The molecule has 35 heavy (non-hydrogen) atoms. The third kappa shape index (κ3) is 7.00. The molecule has 2 N–H and O–H groups in total. The van der Waals surface area contributed by atoms with Gasteiger partial charge in [-0.25, -0.2) is 8.42 Å². The van der Waals surface area contributed by atoms with Crippen molar-refractivity contribution in [2.24, 2.45) is 5.92 Å². The molecule has 0 radical (unpaired) electrons. The van der Waals surface area contributed by atoms with Crippen molar-refractivity contribution in [3.8, 4) is 11.1 Å². The Balaban J connectivity index is 1.92. The Labute approximate surface area is 206 Å². The fourth-order valence-electron chi connectivity index (χ4n) is 3.81. The summed E-state index contributed by atoms with van der Waals surface area (Å²) in [4.78, 5) is 27.0. The second kappa shape index (κ2) is 11.8. The Morgan fingerprint density at radius 1 is 0.886 bits per heavy atom. The van der Waals surface area contributed by atoms with Crippen molar-refractivity contribution in [3.05, 3.63) is 90.5 Å². The highest BCUT2D eigenvalue weighted by Gasteiger charge is 2.31. The lowest BCUT2D eigenvalue weighted by molar-refractivity contribution is -0.143. The van der Waals surface area contributed by atoms with Crippen LogP contribution in [0.25, 0.3) is 11.1 Å². The molecule has 1 amide bonds. The zero-order chi connectivity index (χ0) is 25.4. The molecule has 0 aliphatic rings. The number of nitrogens with one attached hydrogen (secondary N) is 1. The Kier molecular flexibility index (Phi) is 8.78. The summed E-state index contributed by atoms with van der Waals surface area (Å²) in [6, 6.07) is 24.7. The van der Waals surface area contributed by atoms with Gasteiger partial charge < -0.3 is 5.11 Å². The number of carboxylic acids is 1. The summed E-state index contributed by atoms with van der Waals surface area (Å²) in [5.74, 6) is -2.23. The number of amides is 1. The molecular formula is C27H30N2O5S. The number of carboxylic acid groups (broad SMARTS) is 1. The van der Waals surface area contributed by atoms with E-state index in [0.29, 0.717) is 0 Å². The number of hydrazine groups is 1. The summed E-state index contributed by atoms with van der Waals surface area (Å²) in [5.41, 5.74) is 2.95. The molecular weight excluding hydrogens is 464 g/mol. The van der Waals surface area contributed by atoms with E-state index in [2.05, 4.69) is 4.83 Å². The quantitative estimate of drug-likeness (QED) is 0.382. The van der Waals surface area contributed by atoms with Crippen molar-refractivity contribution in [2.75, 3.05) is 0 Å². The van der Waals surface area contributed by atoms with Crippen molar-refractivity contribution in [1.29, 1.82) is 0 Å². The number of sulfonamides is 1. The van der Waals surface area contributed by atoms with Gasteiger partial charge in [0.15, 0.2) is 0 Å². The highest BCUT2D eigenvalue weighted by atomic mass is 32.2. The third-order valence-corrected chi connectivity index (χ3v) is 7.12. The van der Waals surface area contributed by atoms with Gasteiger partial charge in [-0.05, 0) is 41.7 Å². The van der Waals surface area contributed by atoms with Gasteiger partial charge >= 0.3 is 5.97 Å². The lowest BCUT2D eigenvalue weighted by atomic mass is 9.94. The van der Waals surface area contributed by atoms with Crippen LogP contribution in [0.4, 0.5) is 0 Å². The number of hydrogen-bond acceptors (Lipinski definition) is 4. The van der Waals surface area contributed by atoms with E-state index in [1.165, 1.54) is 12.1 Å². The largest absolute Gasteiger partial charge is 0.481 e. The Bertz CT molecular complexity index is 1230. The minimum atomic E-state index is -4.04. The first kappa shape index (κ1) is 26.1. The minimum absolute atomic E-state index is 0.0196. The summed E-state index contributed by atoms with van der Waals surface area (Å²) in [5, 5.41) is 10.6. The fourth-order valence-corrected chi connectivity index (χ4v) is 4.94. The number of benzene rings is 3. The summed E-state index contributed by atoms with van der Waals surface area (Å²) in [6.45, 7) is 3.19. The molecule has 0 saturated heterocycles.